The lowest BCUT2D eigenvalue weighted by molar-refractivity contribution is 0.517. The minimum atomic E-state index is 0.964. The van der Waals surface area contributed by atoms with E-state index in [1.807, 2.05) is 0 Å². The molecule has 0 aromatic rings. The van der Waals surface area contributed by atoms with Gasteiger partial charge in [0.05, 0.1) is 0 Å². The van der Waals surface area contributed by atoms with Crippen LogP contribution in [0, 0.1) is 11.3 Å². The monoisotopic (exact) mass is 125 g/mol. The van der Waals surface area contributed by atoms with Crippen LogP contribution >= 0.6 is 0 Å². The number of hydrogen-bond acceptors (Lipinski definition) is 1. The molecule has 1 aliphatic rings. The van der Waals surface area contributed by atoms with Crippen LogP contribution in [0.2, 0.25) is 0 Å². The molecule has 1 rings (SSSR count). The third-order valence-electron chi connectivity index (χ3n) is 2.19. The molecule has 0 aromatic carbocycles. The second-order valence-corrected chi connectivity index (χ2v) is 2.93. The summed E-state index contributed by atoms with van der Waals surface area (Å²) < 4.78 is 0. The van der Waals surface area contributed by atoms with E-state index in [1.165, 1.54) is 32.1 Å². The Bertz CT molecular complexity index is 82.6. The van der Waals surface area contributed by atoms with Crippen LogP contribution in [0.15, 0.2) is 0 Å². The molecular formula is C8H15N. The highest BCUT2D eigenvalue weighted by atomic mass is 14.3. The van der Waals surface area contributed by atoms with Gasteiger partial charge >= 0.3 is 0 Å². The van der Waals surface area contributed by atoms with E-state index >= 15 is 0 Å². The number of rotatable bonds is 3. The average molecular weight is 125 g/mol. The first kappa shape index (κ1) is 6.79. The van der Waals surface area contributed by atoms with Crippen molar-refractivity contribution in [2.24, 2.45) is 5.92 Å². The zero-order valence-electron chi connectivity index (χ0n) is 5.90. The molecule has 0 unspecified atom stereocenters. The van der Waals surface area contributed by atoms with E-state index in [-0.39, 0.29) is 0 Å². The van der Waals surface area contributed by atoms with Gasteiger partial charge in [0.25, 0.3) is 0 Å². The Morgan fingerprint density at radius 2 is 2.00 bits per heavy atom. The Morgan fingerprint density at radius 3 is 2.56 bits per heavy atom. The maximum Gasteiger partial charge on any atom is -0.00476 e. The third kappa shape index (κ3) is 2.17. The Labute approximate surface area is 57.0 Å². The highest BCUT2D eigenvalue weighted by molar-refractivity contribution is 5.52. The Hall–Kier alpha value is -0.330. The molecule has 1 fully saturated rings. The van der Waals surface area contributed by atoms with E-state index in [2.05, 4.69) is 0 Å². The van der Waals surface area contributed by atoms with Crippen molar-refractivity contribution in [3.63, 3.8) is 0 Å². The Balaban J connectivity index is 2.04. The van der Waals surface area contributed by atoms with Crippen LogP contribution in [0.3, 0.4) is 0 Å². The first-order valence-corrected chi connectivity index (χ1v) is 3.92. The summed E-state index contributed by atoms with van der Waals surface area (Å²) in [5.41, 5.74) is 0. The predicted molar refractivity (Wildman–Crippen MR) is 40.0 cm³/mol. The zero-order valence-corrected chi connectivity index (χ0v) is 5.90. The summed E-state index contributed by atoms with van der Waals surface area (Å²) in [7, 11) is 0. The molecule has 0 saturated heterocycles. The van der Waals surface area contributed by atoms with Crippen molar-refractivity contribution in [3.05, 3.63) is 0 Å². The highest BCUT2D eigenvalue weighted by Gasteiger charge is 2.12. The van der Waals surface area contributed by atoms with Crippen LogP contribution < -0.4 is 0 Å². The fourth-order valence-electron chi connectivity index (χ4n) is 1.62. The van der Waals surface area contributed by atoms with Gasteiger partial charge in [0, 0.05) is 0 Å². The van der Waals surface area contributed by atoms with Crippen molar-refractivity contribution in [2.75, 3.05) is 0 Å². The van der Waals surface area contributed by atoms with Gasteiger partial charge in [-0.15, -0.1) is 0 Å². The Kier molecular flexibility index (Phi) is 2.75. The van der Waals surface area contributed by atoms with Crippen molar-refractivity contribution in [3.8, 4) is 0 Å². The lowest BCUT2D eigenvalue weighted by Crippen LogP contribution is -1.91. The molecule has 1 N–H and O–H groups in total. The predicted octanol–water partition coefficient (Wildman–Crippen LogP) is 2.61. The molecule has 1 saturated carbocycles. The quantitative estimate of drug-likeness (QED) is 0.561. The summed E-state index contributed by atoms with van der Waals surface area (Å²) in [5, 5.41) is 6.84. The maximum atomic E-state index is 6.84. The second kappa shape index (κ2) is 3.65. The van der Waals surface area contributed by atoms with E-state index < -0.39 is 0 Å². The fraction of sp³-hybridized carbons (Fsp3) is 0.875. The van der Waals surface area contributed by atoms with Gasteiger partial charge in [-0.05, 0) is 25.0 Å². The standard InChI is InChI=1S/C8H15N/c9-7-3-6-8-4-1-2-5-8/h7-9H,1-6H2. The molecule has 0 heterocycles. The lowest BCUT2D eigenvalue weighted by Gasteiger charge is -2.03. The normalized spacial score (nSPS) is 20.4. The summed E-state index contributed by atoms with van der Waals surface area (Å²) in [6.45, 7) is 0. The van der Waals surface area contributed by atoms with E-state index in [4.69, 9.17) is 5.41 Å². The first-order chi connectivity index (χ1) is 4.43. The van der Waals surface area contributed by atoms with Crippen LogP contribution in [-0.4, -0.2) is 6.21 Å². The van der Waals surface area contributed by atoms with Gasteiger partial charge in [-0.3, -0.25) is 0 Å². The van der Waals surface area contributed by atoms with Gasteiger partial charge in [0.2, 0.25) is 0 Å². The smallest absolute Gasteiger partial charge is 0.00476 e. The number of hydrogen-bond donors (Lipinski definition) is 1. The molecule has 1 heteroatoms. The van der Waals surface area contributed by atoms with Gasteiger partial charge in [0.1, 0.15) is 0 Å². The van der Waals surface area contributed by atoms with Crippen molar-refractivity contribution in [2.45, 2.75) is 38.5 Å². The van der Waals surface area contributed by atoms with Gasteiger partial charge in [-0.2, -0.15) is 0 Å². The molecule has 0 radical (unpaired) electrons. The largest absolute Gasteiger partial charge is 0.313 e. The molecule has 9 heavy (non-hydrogen) atoms. The summed E-state index contributed by atoms with van der Waals surface area (Å²) in [5.74, 6) is 0.964. The number of nitrogens with one attached hydrogen (secondary N) is 1. The van der Waals surface area contributed by atoms with E-state index in [0.717, 1.165) is 12.3 Å². The molecule has 1 nitrogen and oxygen atoms in total. The fourth-order valence-corrected chi connectivity index (χ4v) is 1.62. The Morgan fingerprint density at radius 1 is 1.33 bits per heavy atom. The van der Waals surface area contributed by atoms with Crippen LogP contribution in [0.25, 0.3) is 0 Å². The second-order valence-electron chi connectivity index (χ2n) is 2.93. The molecular weight excluding hydrogens is 110 g/mol. The average Bonchev–Trinajstić information content (AvgIpc) is 2.34. The van der Waals surface area contributed by atoms with Gasteiger partial charge < -0.3 is 5.41 Å². The zero-order chi connectivity index (χ0) is 6.53. The molecule has 0 spiro atoms. The van der Waals surface area contributed by atoms with E-state index in [1.54, 1.807) is 6.21 Å². The molecule has 0 bridgehead atoms. The van der Waals surface area contributed by atoms with E-state index in [9.17, 15) is 0 Å². The van der Waals surface area contributed by atoms with Gasteiger partial charge in [0.15, 0.2) is 0 Å². The van der Waals surface area contributed by atoms with Crippen molar-refractivity contribution in [1.82, 2.24) is 0 Å². The third-order valence-corrected chi connectivity index (χ3v) is 2.19. The van der Waals surface area contributed by atoms with Crippen molar-refractivity contribution >= 4 is 6.21 Å². The topological polar surface area (TPSA) is 23.9 Å². The first-order valence-electron chi connectivity index (χ1n) is 3.92. The molecule has 0 amide bonds. The van der Waals surface area contributed by atoms with Crippen LogP contribution in [0.4, 0.5) is 0 Å². The summed E-state index contributed by atoms with van der Waals surface area (Å²) >= 11 is 0. The summed E-state index contributed by atoms with van der Waals surface area (Å²) in [6.07, 6.45) is 9.53. The lowest BCUT2D eigenvalue weighted by atomic mass is 10.0. The van der Waals surface area contributed by atoms with Crippen LogP contribution in [0.5, 0.6) is 0 Å². The van der Waals surface area contributed by atoms with Gasteiger partial charge in [-0.1, -0.05) is 25.7 Å². The van der Waals surface area contributed by atoms with Gasteiger partial charge in [-0.25, -0.2) is 0 Å². The minimum absolute atomic E-state index is 0.964. The molecule has 52 valence electrons. The highest BCUT2D eigenvalue weighted by Crippen LogP contribution is 2.27. The summed E-state index contributed by atoms with van der Waals surface area (Å²) in [6, 6.07) is 0. The van der Waals surface area contributed by atoms with E-state index in [0.29, 0.717) is 0 Å². The minimum Gasteiger partial charge on any atom is -0.313 e. The van der Waals surface area contributed by atoms with Crippen molar-refractivity contribution < 1.29 is 0 Å². The van der Waals surface area contributed by atoms with Crippen LogP contribution in [-0.2, 0) is 0 Å². The SMILES string of the molecule is N=CCCC1CCCC1. The molecule has 0 aromatic heterocycles. The molecule has 0 atom stereocenters. The van der Waals surface area contributed by atoms with Crippen LogP contribution in [0.1, 0.15) is 38.5 Å². The molecule has 1 aliphatic carbocycles. The summed E-state index contributed by atoms with van der Waals surface area (Å²) in [4.78, 5) is 0. The molecule has 0 aliphatic heterocycles. The maximum absolute atomic E-state index is 6.84. The van der Waals surface area contributed by atoms with Crippen molar-refractivity contribution in [1.29, 1.82) is 5.41 Å².